The smallest absolute Gasteiger partial charge is 0.313 e. The molecule has 0 fully saturated rings. The molecule has 0 bridgehead atoms. The Balaban J connectivity index is 2.16. The summed E-state index contributed by atoms with van der Waals surface area (Å²) in [4.78, 5) is 36.1. The third kappa shape index (κ3) is 4.38. The molecule has 0 aliphatic rings. The zero-order chi connectivity index (χ0) is 17.5. The zero-order valence-electron chi connectivity index (χ0n) is 13.8. The van der Waals surface area contributed by atoms with E-state index in [1.807, 2.05) is 18.2 Å². The summed E-state index contributed by atoms with van der Waals surface area (Å²) in [5.74, 6) is -1.32. The molecule has 0 saturated heterocycles. The molecular weight excluding hydrogens is 304 g/mol. The van der Waals surface area contributed by atoms with Gasteiger partial charge in [-0.15, -0.1) is 0 Å². The Morgan fingerprint density at radius 3 is 2.29 bits per heavy atom. The van der Waals surface area contributed by atoms with E-state index in [1.54, 1.807) is 50.2 Å². The zero-order valence-corrected chi connectivity index (χ0v) is 13.8. The number of benzene rings is 2. The summed E-state index contributed by atoms with van der Waals surface area (Å²) in [6, 6.07) is 15.9. The summed E-state index contributed by atoms with van der Waals surface area (Å²) in [7, 11) is 0. The van der Waals surface area contributed by atoms with E-state index >= 15 is 0 Å². The van der Waals surface area contributed by atoms with Gasteiger partial charge >= 0.3 is 5.97 Å². The lowest BCUT2D eigenvalue weighted by atomic mass is 9.92. The number of hydrogen-bond acceptors (Lipinski definition) is 4. The Kier molecular flexibility index (Phi) is 6.01. The fourth-order valence-electron chi connectivity index (χ4n) is 2.40. The number of ether oxygens (including phenoxy) is 1. The van der Waals surface area contributed by atoms with Gasteiger partial charge in [0.15, 0.2) is 11.6 Å². The molecule has 4 heteroatoms. The summed E-state index contributed by atoms with van der Waals surface area (Å²) in [6.07, 6.45) is -0.258. The highest BCUT2D eigenvalue weighted by atomic mass is 16.5. The van der Waals surface area contributed by atoms with Gasteiger partial charge in [-0.1, -0.05) is 55.5 Å². The molecule has 2 aromatic carbocycles. The lowest BCUT2D eigenvalue weighted by Gasteiger charge is -2.12. The second-order valence-electron chi connectivity index (χ2n) is 5.49. The van der Waals surface area contributed by atoms with Crippen LogP contribution in [0.4, 0.5) is 0 Å². The maximum absolute atomic E-state index is 12.5. The first-order valence-electron chi connectivity index (χ1n) is 7.91. The fourth-order valence-corrected chi connectivity index (χ4v) is 2.40. The molecule has 0 aliphatic heterocycles. The lowest BCUT2D eigenvalue weighted by molar-refractivity contribution is -0.145. The van der Waals surface area contributed by atoms with Crippen molar-refractivity contribution in [3.63, 3.8) is 0 Å². The van der Waals surface area contributed by atoms with Crippen LogP contribution in [0.3, 0.4) is 0 Å². The quantitative estimate of drug-likeness (QED) is 0.444. The van der Waals surface area contributed by atoms with Crippen molar-refractivity contribution in [2.24, 2.45) is 0 Å². The van der Waals surface area contributed by atoms with Gasteiger partial charge in [0.25, 0.3) is 0 Å². The van der Waals surface area contributed by atoms with Crippen molar-refractivity contribution >= 4 is 17.5 Å². The van der Waals surface area contributed by atoms with E-state index in [4.69, 9.17) is 4.74 Å². The minimum absolute atomic E-state index is 0.0949. The summed E-state index contributed by atoms with van der Waals surface area (Å²) < 4.78 is 4.80. The van der Waals surface area contributed by atoms with Crippen LogP contribution in [0.15, 0.2) is 54.6 Å². The van der Waals surface area contributed by atoms with Gasteiger partial charge in [-0.05, 0) is 18.6 Å². The number of Topliss-reactive ketones (excluding diaryl/α,β-unsaturated/α-hetero) is 1. The number of hydrogen-bond donors (Lipinski definition) is 0. The van der Waals surface area contributed by atoms with Gasteiger partial charge < -0.3 is 4.74 Å². The highest BCUT2D eigenvalue weighted by Gasteiger charge is 2.20. The maximum Gasteiger partial charge on any atom is 0.313 e. The molecule has 0 aliphatic carbocycles. The normalized spacial score (nSPS) is 11.6. The Labute approximate surface area is 141 Å². The summed E-state index contributed by atoms with van der Waals surface area (Å²) >= 11 is 0. The van der Waals surface area contributed by atoms with Gasteiger partial charge in [-0.2, -0.15) is 0 Å². The molecule has 0 saturated carbocycles. The maximum atomic E-state index is 12.5. The fraction of sp³-hybridized carbons (Fsp3) is 0.250. The molecule has 4 nitrogen and oxygen atoms in total. The molecule has 124 valence electrons. The van der Waals surface area contributed by atoms with E-state index < -0.39 is 11.9 Å². The number of rotatable bonds is 7. The van der Waals surface area contributed by atoms with Crippen LogP contribution in [0.25, 0.3) is 0 Å². The van der Waals surface area contributed by atoms with E-state index in [1.165, 1.54) is 0 Å². The molecule has 1 unspecified atom stereocenters. The molecule has 0 aromatic heterocycles. The Hall–Kier alpha value is -2.75. The van der Waals surface area contributed by atoms with Crippen molar-refractivity contribution in [3.8, 4) is 0 Å². The van der Waals surface area contributed by atoms with Crippen LogP contribution in [0.5, 0.6) is 0 Å². The molecule has 0 radical (unpaired) electrons. The number of ketones is 2. The second kappa shape index (κ2) is 8.20. The van der Waals surface area contributed by atoms with Crippen molar-refractivity contribution in [1.29, 1.82) is 0 Å². The standard InChI is InChI=1S/C20H20O4/c1-3-24-19(22)13-18(21)14(2)16-10-7-11-17(12-16)20(23)15-8-5-4-6-9-15/h4-12,14H,3,13H2,1-2H3. The predicted octanol–water partition coefficient (Wildman–Crippen LogP) is 3.54. The van der Waals surface area contributed by atoms with Gasteiger partial charge in [-0.25, -0.2) is 0 Å². The van der Waals surface area contributed by atoms with Crippen LogP contribution in [0.1, 0.15) is 47.7 Å². The average Bonchev–Trinajstić information content (AvgIpc) is 2.61. The molecular formula is C20H20O4. The number of esters is 1. The molecule has 2 rings (SSSR count). The Morgan fingerprint density at radius 2 is 1.62 bits per heavy atom. The van der Waals surface area contributed by atoms with Crippen LogP contribution in [0, 0.1) is 0 Å². The highest BCUT2D eigenvalue weighted by molar-refractivity contribution is 6.09. The predicted molar refractivity (Wildman–Crippen MR) is 91.0 cm³/mol. The van der Waals surface area contributed by atoms with Crippen LogP contribution in [0.2, 0.25) is 0 Å². The van der Waals surface area contributed by atoms with E-state index in [9.17, 15) is 14.4 Å². The molecule has 24 heavy (non-hydrogen) atoms. The minimum Gasteiger partial charge on any atom is -0.466 e. The van der Waals surface area contributed by atoms with Crippen molar-refractivity contribution in [1.82, 2.24) is 0 Å². The van der Waals surface area contributed by atoms with Gasteiger partial charge in [0, 0.05) is 17.0 Å². The van der Waals surface area contributed by atoms with Crippen molar-refractivity contribution in [2.45, 2.75) is 26.2 Å². The Morgan fingerprint density at radius 1 is 0.958 bits per heavy atom. The third-order valence-electron chi connectivity index (χ3n) is 3.79. The third-order valence-corrected chi connectivity index (χ3v) is 3.79. The molecule has 0 heterocycles. The van der Waals surface area contributed by atoms with E-state index in [0.29, 0.717) is 16.7 Å². The monoisotopic (exact) mass is 324 g/mol. The first kappa shape index (κ1) is 17.6. The topological polar surface area (TPSA) is 60.4 Å². The van der Waals surface area contributed by atoms with Gasteiger partial charge in [0.2, 0.25) is 0 Å². The van der Waals surface area contributed by atoms with Crippen LogP contribution < -0.4 is 0 Å². The number of carbonyl (C=O) groups is 3. The molecule has 2 aromatic rings. The van der Waals surface area contributed by atoms with Crippen LogP contribution in [-0.2, 0) is 14.3 Å². The number of carbonyl (C=O) groups excluding carboxylic acids is 3. The summed E-state index contributed by atoms with van der Waals surface area (Å²) in [5.41, 5.74) is 1.83. The van der Waals surface area contributed by atoms with Crippen LogP contribution >= 0.6 is 0 Å². The average molecular weight is 324 g/mol. The summed E-state index contributed by atoms with van der Waals surface area (Å²) in [5, 5.41) is 0. The molecule has 1 atom stereocenters. The first-order valence-corrected chi connectivity index (χ1v) is 7.91. The van der Waals surface area contributed by atoms with E-state index in [-0.39, 0.29) is 24.6 Å². The SMILES string of the molecule is CCOC(=O)CC(=O)C(C)c1cccc(C(=O)c2ccccc2)c1. The van der Waals surface area contributed by atoms with E-state index in [2.05, 4.69) is 0 Å². The largest absolute Gasteiger partial charge is 0.466 e. The Bertz CT molecular complexity index is 734. The van der Waals surface area contributed by atoms with Gasteiger partial charge in [-0.3, -0.25) is 14.4 Å². The highest BCUT2D eigenvalue weighted by Crippen LogP contribution is 2.21. The summed E-state index contributed by atoms with van der Waals surface area (Å²) in [6.45, 7) is 3.68. The minimum atomic E-state index is -0.522. The van der Waals surface area contributed by atoms with Crippen molar-refractivity contribution in [3.05, 3.63) is 71.3 Å². The van der Waals surface area contributed by atoms with Gasteiger partial charge in [0.05, 0.1) is 6.61 Å². The molecule has 0 amide bonds. The lowest BCUT2D eigenvalue weighted by Crippen LogP contribution is -2.16. The molecule has 0 N–H and O–H groups in total. The van der Waals surface area contributed by atoms with Crippen molar-refractivity contribution < 1.29 is 19.1 Å². The van der Waals surface area contributed by atoms with Crippen molar-refractivity contribution in [2.75, 3.05) is 6.61 Å². The second-order valence-corrected chi connectivity index (χ2v) is 5.49. The van der Waals surface area contributed by atoms with Gasteiger partial charge in [0.1, 0.15) is 6.42 Å². The molecule has 0 spiro atoms. The van der Waals surface area contributed by atoms with Crippen LogP contribution in [-0.4, -0.2) is 24.1 Å². The first-order chi connectivity index (χ1) is 11.5. The van der Waals surface area contributed by atoms with E-state index in [0.717, 1.165) is 0 Å².